The molecule has 0 aliphatic heterocycles. The summed E-state index contributed by atoms with van der Waals surface area (Å²) < 4.78 is 2.73. The van der Waals surface area contributed by atoms with Gasteiger partial charge in [0.15, 0.2) is 5.65 Å². The molecule has 0 unspecified atom stereocenters. The molecule has 4 nitrogen and oxygen atoms in total. The van der Waals surface area contributed by atoms with Crippen LogP contribution in [0, 0.1) is 0 Å². The van der Waals surface area contributed by atoms with Crippen molar-refractivity contribution < 1.29 is 5.11 Å². The molecule has 2 heterocycles. The summed E-state index contributed by atoms with van der Waals surface area (Å²) >= 11 is 3.36. The molecule has 0 aromatic carbocycles. The summed E-state index contributed by atoms with van der Waals surface area (Å²) in [6.45, 7) is 1.86. The van der Waals surface area contributed by atoms with Crippen molar-refractivity contribution >= 4 is 27.0 Å². The Hall–Kier alpha value is -0.940. The maximum atomic E-state index is 9.74. The van der Waals surface area contributed by atoms with Gasteiger partial charge in [0.2, 0.25) is 0 Å². The van der Waals surface area contributed by atoms with Crippen LogP contribution in [0.4, 0.5) is 0 Å². The van der Waals surface area contributed by atoms with Gasteiger partial charge >= 0.3 is 0 Å². The molecular formula is C11H12BrN3O. The topological polar surface area (TPSA) is 50.9 Å². The third kappa shape index (κ3) is 1.55. The number of aromatic nitrogens is 3. The maximum absolute atomic E-state index is 9.74. The van der Waals surface area contributed by atoms with Crippen LogP contribution in [0.2, 0.25) is 0 Å². The molecule has 1 aliphatic carbocycles. The van der Waals surface area contributed by atoms with Gasteiger partial charge in [-0.1, -0.05) is 0 Å². The van der Waals surface area contributed by atoms with E-state index in [1.165, 1.54) is 0 Å². The first kappa shape index (κ1) is 10.2. The van der Waals surface area contributed by atoms with Crippen LogP contribution in [0.15, 0.2) is 22.9 Å². The highest BCUT2D eigenvalue weighted by atomic mass is 79.9. The summed E-state index contributed by atoms with van der Waals surface area (Å²) in [5.41, 5.74) is 0.351. The summed E-state index contributed by atoms with van der Waals surface area (Å²) in [5, 5.41) is 15.1. The molecule has 84 valence electrons. The van der Waals surface area contributed by atoms with E-state index >= 15 is 0 Å². The Labute approximate surface area is 101 Å². The smallest absolute Gasteiger partial charge is 0.159 e. The zero-order chi connectivity index (χ0) is 11.3. The van der Waals surface area contributed by atoms with E-state index in [9.17, 15) is 5.11 Å². The largest absolute Gasteiger partial charge is 0.390 e. The number of fused-ring (bicyclic) bond motifs is 1. The number of rotatable bonds is 1. The number of pyridine rings is 1. The van der Waals surface area contributed by atoms with Crippen LogP contribution in [-0.2, 0) is 0 Å². The molecule has 0 bridgehead atoms. The lowest BCUT2D eigenvalue weighted by Gasteiger charge is -2.40. The van der Waals surface area contributed by atoms with Crippen molar-refractivity contribution in [2.24, 2.45) is 0 Å². The molecule has 5 heteroatoms. The van der Waals surface area contributed by atoms with Crippen LogP contribution >= 0.6 is 15.9 Å². The van der Waals surface area contributed by atoms with Gasteiger partial charge in [-0.15, -0.1) is 0 Å². The molecule has 1 aliphatic rings. The maximum Gasteiger partial charge on any atom is 0.159 e. The lowest BCUT2D eigenvalue weighted by Crippen LogP contribution is -2.42. The van der Waals surface area contributed by atoms with E-state index in [0.717, 1.165) is 28.5 Å². The second kappa shape index (κ2) is 3.28. The third-order valence-electron chi connectivity index (χ3n) is 3.11. The van der Waals surface area contributed by atoms with E-state index in [1.807, 2.05) is 29.9 Å². The van der Waals surface area contributed by atoms with Gasteiger partial charge in [-0.25, -0.2) is 9.67 Å². The Morgan fingerprint density at radius 1 is 1.50 bits per heavy atom. The molecule has 16 heavy (non-hydrogen) atoms. The molecule has 2 aromatic rings. The van der Waals surface area contributed by atoms with Crippen molar-refractivity contribution in [3.63, 3.8) is 0 Å². The van der Waals surface area contributed by atoms with E-state index < -0.39 is 5.60 Å². The van der Waals surface area contributed by atoms with E-state index in [4.69, 9.17) is 0 Å². The highest BCUT2D eigenvalue weighted by Crippen LogP contribution is 2.41. The molecule has 1 fully saturated rings. The van der Waals surface area contributed by atoms with Crippen LogP contribution in [-0.4, -0.2) is 25.5 Å². The van der Waals surface area contributed by atoms with Crippen LogP contribution in [0.5, 0.6) is 0 Å². The molecule has 0 saturated heterocycles. The van der Waals surface area contributed by atoms with Gasteiger partial charge < -0.3 is 5.11 Å². The SMILES string of the molecule is CC1(O)CC(n2ncc3ccc(Br)nc32)C1. The fraction of sp³-hybridized carbons (Fsp3) is 0.455. The number of aliphatic hydroxyl groups is 1. The summed E-state index contributed by atoms with van der Waals surface area (Å²) in [6.07, 6.45) is 3.32. The minimum Gasteiger partial charge on any atom is -0.390 e. The summed E-state index contributed by atoms with van der Waals surface area (Å²) in [5.74, 6) is 0. The van der Waals surface area contributed by atoms with Gasteiger partial charge in [-0.3, -0.25) is 0 Å². The normalized spacial score (nSPS) is 29.3. The van der Waals surface area contributed by atoms with Gasteiger partial charge in [0, 0.05) is 5.39 Å². The summed E-state index contributed by atoms with van der Waals surface area (Å²) in [7, 11) is 0. The minimum absolute atomic E-state index is 0.272. The molecule has 1 saturated carbocycles. The van der Waals surface area contributed by atoms with Crippen LogP contribution < -0.4 is 0 Å². The van der Waals surface area contributed by atoms with Crippen LogP contribution in [0.3, 0.4) is 0 Å². The third-order valence-corrected chi connectivity index (χ3v) is 3.55. The second-order valence-electron chi connectivity index (χ2n) is 4.69. The average molecular weight is 282 g/mol. The minimum atomic E-state index is -0.533. The van der Waals surface area contributed by atoms with E-state index in [2.05, 4.69) is 26.0 Å². The predicted molar refractivity (Wildman–Crippen MR) is 64.1 cm³/mol. The number of hydrogen-bond donors (Lipinski definition) is 1. The fourth-order valence-corrected chi connectivity index (χ4v) is 2.60. The molecule has 0 spiro atoms. The monoisotopic (exact) mass is 281 g/mol. The lowest BCUT2D eigenvalue weighted by molar-refractivity contribution is -0.0531. The Kier molecular flexibility index (Phi) is 2.09. The standard InChI is InChI=1S/C11H12BrN3O/c1-11(16)4-8(5-11)15-10-7(6-13-15)2-3-9(12)14-10/h2-3,6,8,16H,4-5H2,1H3. The molecule has 0 amide bonds. The van der Waals surface area contributed by atoms with Gasteiger partial charge in [0.05, 0.1) is 17.8 Å². The van der Waals surface area contributed by atoms with Gasteiger partial charge in [0.1, 0.15) is 4.60 Å². The van der Waals surface area contributed by atoms with Crippen LogP contribution in [0.1, 0.15) is 25.8 Å². The average Bonchev–Trinajstić information content (AvgIpc) is 2.56. The molecular weight excluding hydrogens is 270 g/mol. The summed E-state index contributed by atoms with van der Waals surface area (Å²) in [6, 6.07) is 4.17. The van der Waals surface area contributed by atoms with E-state index in [0.29, 0.717) is 0 Å². The number of halogens is 1. The zero-order valence-electron chi connectivity index (χ0n) is 8.89. The fourth-order valence-electron chi connectivity index (χ4n) is 2.30. The summed E-state index contributed by atoms with van der Waals surface area (Å²) in [4.78, 5) is 4.42. The molecule has 0 atom stereocenters. The van der Waals surface area contributed by atoms with Crippen molar-refractivity contribution in [3.8, 4) is 0 Å². The number of hydrogen-bond acceptors (Lipinski definition) is 3. The first-order valence-electron chi connectivity index (χ1n) is 5.27. The Balaban J connectivity index is 2.02. The van der Waals surface area contributed by atoms with Crippen molar-refractivity contribution in [2.75, 3.05) is 0 Å². The predicted octanol–water partition coefficient (Wildman–Crippen LogP) is 2.28. The highest BCUT2D eigenvalue weighted by molar-refractivity contribution is 9.10. The van der Waals surface area contributed by atoms with Crippen molar-refractivity contribution in [1.29, 1.82) is 0 Å². The lowest BCUT2D eigenvalue weighted by atomic mass is 9.77. The zero-order valence-corrected chi connectivity index (χ0v) is 10.5. The molecule has 2 aromatic heterocycles. The Bertz CT molecular complexity index is 541. The van der Waals surface area contributed by atoms with Crippen molar-refractivity contribution in [2.45, 2.75) is 31.4 Å². The van der Waals surface area contributed by atoms with Crippen molar-refractivity contribution in [3.05, 3.63) is 22.9 Å². The van der Waals surface area contributed by atoms with E-state index in [1.54, 1.807) is 0 Å². The van der Waals surface area contributed by atoms with Gasteiger partial charge in [0.25, 0.3) is 0 Å². The van der Waals surface area contributed by atoms with Gasteiger partial charge in [-0.05, 0) is 47.8 Å². The second-order valence-corrected chi connectivity index (χ2v) is 5.51. The molecule has 3 rings (SSSR count). The first-order chi connectivity index (χ1) is 7.55. The Morgan fingerprint density at radius 3 is 2.94 bits per heavy atom. The molecule has 0 radical (unpaired) electrons. The Morgan fingerprint density at radius 2 is 2.25 bits per heavy atom. The van der Waals surface area contributed by atoms with Crippen molar-refractivity contribution in [1.82, 2.24) is 14.8 Å². The first-order valence-corrected chi connectivity index (χ1v) is 6.07. The highest BCUT2D eigenvalue weighted by Gasteiger charge is 2.40. The number of nitrogens with zero attached hydrogens (tertiary/aromatic N) is 3. The quantitative estimate of drug-likeness (QED) is 0.816. The van der Waals surface area contributed by atoms with Gasteiger partial charge in [-0.2, -0.15) is 5.10 Å². The molecule has 1 N–H and O–H groups in total. The van der Waals surface area contributed by atoms with E-state index in [-0.39, 0.29) is 6.04 Å². The van der Waals surface area contributed by atoms with Crippen LogP contribution in [0.25, 0.3) is 11.0 Å².